The van der Waals surface area contributed by atoms with E-state index in [1.54, 1.807) is 6.08 Å². The highest BCUT2D eigenvalue weighted by Gasteiger charge is 2.04. The molecule has 1 aliphatic rings. The third kappa shape index (κ3) is 3.01. The molecule has 0 bridgehead atoms. The molecular formula is C7H7NO2S. The second-order valence-electron chi connectivity index (χ2n) is 2.28. The van der Waals surface area contributed by atoms with Crippen LogP contribution in [0.4, 0.5) is 0 Å². The topological polar surface area (TPSA) is 46.5 Å². The van der Waals surface area contributed by atoms with Crippen molar-refractivity contribution in [1.29, 1.82) is 0 Å². The summed E-state index contributed by atoms with van der Waals surface area (Å²) in [7, 11) is -2.96. The lowest BCUT2D eigenvalue weighted by atomic mass is 10.3. The standard InChI is InChI=1S/C7H7NO2S/c1-11(9,10)6-7-2-4-8-5-3-7/h2,4H,6H2,1H3. The molecule has 0 aromatic rings. The van der Waals surface area contributed by atoms with Gasteiger partial charge in [0.05, 0.1) is 5.75 Å². The number of aliphatic imine (C=N–C) groups is 1. The van der Waals surface area contributed by atoms with E-state index in [-0.39, 0.29) is 5.75 Å². The predicted octanol–water partition coefficient (Wildman–Crippen LogP) is 0.310. The van der Waals surface area contributed by atoms with Crippen LogP contribution in [-0.2, 0) is 9.84 Å². The zero-order chi connectivity index (χ0) is 8.32. The molecule has 0 N–H and O–H groups in total. The molecule has 4 heteroatoms. The van der Waals surface area contributed by atoms with Crippen LogP contribution in [0.3, 0.4) is 0 Å². The Morgan fingerprint density at radius 3 is 2.82 bits per heavy atom. The molecule has 0 aromatic carbocycles. The van der Waals surface area contributed by atoms with E-state index in [0.29, 0.717) is 5.57 Å². The molecule has 1 heterocycles. The van der Waals surface area contributed by atoms with Crippen LogP contribution in [0.2, 0.25) is 0 Å². The van der Waals surface area contributed by atoms with Gasteiger partial charge in [-0.05, 0) is 11.8 Å². The highest BCUT2D eigenvalue weighted by molar-refractivity contribution is 7.90. The van der Waals surface area contributed by atoms with Crippen LogP contribution >= 0.6 is 0 Å². The summed E-state index contributed by atoms with van der Waals surface area (Å²) in [5.74, 6) is 2.45. The van der Waals surface area contributed by atoms with E-state index < -0.39 is 9.84 Å². The van der Waals surface area contributed by atoms with Gasteiger partial charge in [0.1, 0.15) is 0 Å². The van der Waals surface area contributed by atoms with Gasteiger partial charge in [0.25, 0.3) is 0 Å². The first-order valence-corrected chi connectivity index (χ1v) is 5.05. The van der Waals surface area contributed by atoms with Gasteiger partial charge in [-0.25, -0.2) is 13.4 Å². The van der Waals surface area contributed by atoms with Gasteiger partial charge in [-0.1, -0.05) is 0 Å². The van der Waals surface area contributed by atoms with Gasteiger partial charge in [-0.15, -0.1) is 0 Å². The number of nitrogens with zero attached hydrogens (tertiary/aromatic N) is 1. The van der Waals surface area contributed by atoms with Crippen molar-refractivity contribution in [1.82, 2.24) is 0 Å². The Morgan fingerprint density at radius 2 is 2.36 bits per heavy atom. The van der Waals surface area contributed by atoms with Gasteiger partial charge in [0.15, 0.2) is 9.84 Å². The largest absolute Gasteiger partial charge is 0.229 e. The van der Waals surface area contributed by atoms with Crippen molar-refractivity contribution in [3.8, 4) is 0 Å². The van der Waals surface area contributed by atoms with E-state index in [1.807, 2.05) is 0 Å². The number of allylic oxidation sites excluding steroid dienone is 1. The maximum atomic E-state index is 10.7. The minimum atomic E-state index is -2.96. The normalized spacial score (nSPS) is 15.2. The first kappa shape index (κ1) is 8.02. The van der Waals surface area contributed by atoms with E-state index in [9.17, 15) is 8.42 Å². The summed E-state index contributed by atoms with van der Waals surface area (Å²) in [6.07, 6.45) is 4.29. The van der Waals surface area contributed by atoms with Gasteiger partial charge in [0.2, 0.25) is 0 Å². The molecule has 3 nitrogen and oxygen atoms in total. The zero-order valence-electron chi connectivity index (χ0n) is 6.03. The third-order valence-electron chi connectivity index (χ3n) is 1.05. The molecule has 1 aliphatic heterocycles. The Hall–Kier alpha value is -1.08. The lowest BCUT2D eigenvalue weighted by Gasteiger charge is -1.95. The van der Waals surface area contributed by atoms with Gasteiger partial charge < -0.3 is 0 Å². The summed E-state index contributed by atoms with van der Waals surface area (Å²) in [5, 5.41) is 0. The number of hydrogen-bond donors (Lipinski definition) is 0. The molecule has 0 saturated heterocycles. The van der Waals surface area contributed by atoms with E-state index in [0.717, 1.165) is 0 Å². The monoisotopic (exact) mass is 169 g/mol. The molecule has 0 fully saturated rings. The van der Waals surface area contributed by atoms with Crippen molar-refractivity contribution in [2.45, 2.75) is 0 Å². The van der Waals surface area contributed by atoms with Crippen molar-refractivity contribution < 1.29 is 8.42 Å². The average Bonchev–Trinajstić information content (AvgIpc) is 1.85. The van der Waals surface area contributed by atoms with Crippen molar-refractivity contribution >= 4 is 15.7 Å². The Labute approximate surface area is 65.4 Å². The summed E-state index contributed by atoms with van der Waals surface area (Å²) < 4.78 is 21.5. The second-order valence-corrected chi connectivity index (χ2v) is 4.42. The Balaban J connectivity index is 2.89. The summed E-state index contributed by atoms with van der Waals surface area (Å²) in [6.45, 7) is 0. The molecular weight excluding hydrogens is 162 g/mol. The first-order chi connectivity index (χ1) is 5.08. The van der Waals surface area contributed by atoms with E-state index in [2.05, 4.69) is 16.6 Å². The van der Waals surface area contributed by atoms with Crippen LogP contribution in [0.1, 0.15) is 0 Å². The maximum absolute atomic E-state index is 10.7. The molecule has 0 atom stereocenters. The Kier molecular flexibility index (Phi) is 2.11. The molecule has 0 unspecified atom stereocenters. The number of hydrogen-bond acceptors (Lipinski definition) is 3. The lowest BCUT2D eigenvalue weighted by Crippen LogP contribution is -2.04. The molecule has 0 saturated carbocycles. The van der Waals surface area contributed by atoms with Crippen molar-refractivity contribution in [3.63, 3.8) is 0 Å². The molecule has 0 spiro atoms. The predicted molar refractivity (Wildman–Crippen MR) is 43.3 cm³/mol. The highest BCUT2D eigenvalue weighted by Crippen LogP contribution is 2.00. The third-order valence-corrected chi connectivity index (χ3v) is 1.88. The van der Waals surface area contributed by atoms with E-state index >= 15 is 0 Å². The number of sulfone groups is 1. The molecule has 0 aromatic heterocycles. The van der Waals surface area contributed by atoms with Crippen LogP contribution in [0.5, 0.6) is 0 Å². The zero-order valence-corrected chi connectivity index (χ0v) is 6.85. The first-order valence-electron chi connectivity index (χ1n) is 2.99. The van der Waals surface area contributed by atoms with E-state index in [1.165, 1.54) is 12.5 Å². The van der Waals surface area contributed by atoms with Crippen molar-refractivity contribution in [2.75, 3.05) is 12.0 Å². The van der Waals surface area contributed by atoms with Crippen LogP contribution in [0.15, 0.2) is 28.6 Å². The van der Waals surface area contributed by atoms with Crippen LogP contribution in [-0.4, -0.2) is 26.3 Å². The summed E-state index contributed by atoms with van der Waals surface area (Å²) in [4.78, 5) is 3.60. The fourth-order valence-electron chi connectivity index (χ4n) is 0.677. The van der Waals surface area contributed by atoms with Crippen LogP contribution in [0, 0.1) is 0 Å². The smallest absolute Gasteiger partial charge is 0.152 e. The summed E-state index contributed by atoms with van der Waals surface area (Å²) in [5.41, 5.74) is 3.21. The maximum Gasteiger partial charge on any atom is 0.152 e. The quantitative estimate of drug-likeness (QED) is 0.558. The van der Waals surface area contributed by atoms with Crippen LogP contribution < -0.4 is 0 Å². The summed E-state index contributed by atoms with van der Waals surface area (Å²) >= 11 is 0. The minimum Gasteiger partial charge on any atom is -0.229 e. The highest BCUT2D eigenvalue weighted by atomic mass is 32.2. The summed E-state index contributed by atoms with van der Waals surface area (Å²) in [6, 6.07) is 0. The van der Waals surface area contributed by atoms with Gasteiger partial charge in [-0.2, -0.15) is 0 Å². The number of rotatable bonds is 2. The molecule has 1 rings (SSSR count). The van der Waals surface area contributed by atoms with Crippen LogP contribution in [0.25, 0.3) is 0 Å². The Morgan fingerprint density at radius 1 is 1.64 bits per heavy atom. The molecule has 0 amide bonds. The average molecular weight is 169 g/mol. The minimum absolute atomic E-state index is 0.00597. The fourth-order valence-corrected chi connectivity index (χ4v) is 1.41. The second kappa shape index (κ2) is 2.89. The molecule has 0 aliphatic carbocycles. The molecule has 0 radical (unpaired) electrons. The SMILES string of the molecule is CS(=O)(=O)CC1=C=C=NC=C1. The van der Waals surface area contributed by atoms with Crippen molar-refractivity contribution in [2.24, 2.45) is 4.99 Å². The molecule has 11 heavy (non-hydrogen) atoms. The van der Waals surface area contributed by atoms with E-state index in [4.69, 9.17) is 0 Å². The van der Waals surface area contributed by atoms with Crippen molar-refractivity contribution in [3.05, 3.63) is 23.6 Å². The fraction of sp³-hybridized carbons (Fsp3) is 0.286. The lowest BCUT2D eigenvalue weighted by molar-refractivity contribution is 0.604. The molecule has 58 valence electrons. The van der Waals surface area contributed by atoms with Gasteiger partial charge >= 0.3 is 0 Å². The van der Waals surface area contributed by atoms with Gasteiger partial charge in [-0.3, -0.25) is 0 Å². The van der Waals surface area contributed by atoms with Gasteiger partial charge in [0, 0.05) is 23.9 Å². The Bertz CT molecular complexity index is 377.